The SMILES string of the molecule is COc1ccccc1C[C@@H](NC(=O)Cc1ccc(C(F)(F)F)cc1)C(N)=O. The van der Waals surface area contributed by atoms with Gasteiger partial charge in [0.2, 0.25) is 11.8 Å². The summed E-state index contributed by atoms with van der Waals surface area (Å²) >= 11 is 0. The topological polar surface area (TPSA) is 81.4 Å². The minimum Gasteiger partial charge on any atom is -0.496 e. The van der Waals surface area contributed by atoms with E-state index in [0.717, 1.165) is 12.1 Å². The molecule has 1 atom stereocenters. The van der Waals surface area contributed by atoms with Gasteiger partial charge in [0.25, 0.3) is 0 Å². The molecule has 0 aliphatic carbocycles. The van der Waals surface area contributed by atoms with Crippen LogP contribution < -0.4 is 15.8 Å². The molecule has 2 aromatic carbocycles. The molecule has 144 valence electrons. The quantitative estimate of drug-likeness (QED) is 0.774. The van der Waals surface area contributed by atoms with Gasteiger partial charge in [-0.15, -0.1) is 0 Å². The Morgan fingerprint density at radius 2 is 1.74 bits per heavy atom. The molecule has 0 saturated heterocycles. The average molecular weight is 380 g/mol. The van der Waals surface area contributed by atoms with Crippen LogP contribution in [0.1, 0.15) is 16.7 Å². The van der Waals surface area contributed by atoms with Crippen molar-refractivity contribution in [2.75, 3.05) is 7.11 Å². The number of para-hydroxylation sites is 1. The number of hydrogen-bond acceptors (Lipinski definition) is 3. The van der Waals surface area contributed by atoms with Gasteiger partial charge >= 0.3 is 6.18 Å². The number of nitrogens with two attached hydrogens (primary N) is 1. The molecule has 0 radical (unpaired) electrons. The fourth-order valence-corrected chi connectivity index (χ4v) is 2.56. The van der Waals surface area contributed by atoms with E-state index in [-0.39, 0.29) is 12.8 Å². The van der Waals surface area contributed by atoms with Gasteiger partial charge in [0.05, 0.1) is 19.1 Å². The Labute approximate surface area is 154 Å². The highest BCUT2D eigenvalue weighted by Gasteiger charge is 2.30. The molecule has 27 heavy (non-hydrogen) atoms. The van der Waals surface area contributed by atoms with Gasteiger partial charge in [-0.3, -0.25) is 9.59 Å². The number of amides is 2. The van der Waals surface area contributed by atoms with Gasteiger partial charge in [-0.05, 0) is 29.3 Å². The number of methoxy groups -OCH3 is 1. The van der Waals surface area contributed by atoms with Crippen LogP contribution in [-0.2, 0) is 28.6 Å². The number of nitrogens with one attached hydrogen (secondary N) is 1. The molecule has 0 saturated carbocycles. The highest BCUT2D eigenvalue weighted by atomic mass is 19.4. The summed E-state index contributed by atoms with van der Waals surface area (Å²) in [5.74, 6) is -0.684. The zero-order valence-corrected chi connectivity index (χ0v) is 14.5. The van der Waals surface area contributed by atoms with Crippen molar-refractivity contribution < 1.29 is 27.5 Å². The lowest BCUT2D eigenvalue weighted by atomic mass is 10.0. The minimum absolute atomic E-state index is 0.137. The molecular formula is C19H19F3N2O3. The third kappa shape index (κ3) is 5.73. The summed E-state index contributed by atoms with van der Waals surface area (Å²) in [6.45, 7) is 0. The maximum atomic E-state index is 12.6. The minimum atomic E-state index is -4.44. The predicted octanol–water partition coefficient (Wildman–Crippen LogP) is 2.47. The Bertz CT molecular complexity index is 805. The molecule has 0 spiro atoms. The van der Waals surface area contributed by atoms with Gasteiger partial charge in [-0.2, -0.15) is 13.2 Å². The van der Waals surface area contributed by atoms with Crippen LogP contribution in [0.15, 0.2) is 48.5 Å². The molecule has 2 rings (SSSR count). The van der Waals surface area contributed by atoms with Crippen molar-refractivity contribution in [3.05, 3.63) is 65.2 Å². The van der Waals surface area contributed by atoms with Gasteiger partial charge in [-0.25, -0.2) is 0 Å². The van der Waals surface area contributed by atoms with E-state index in [2.05, 4.69) is 5.32 Å². The first kappa shape index (κ1) is 20.3. The van der Waals surface area contributed by atoms with Gasteiger partial charge in [0.1, 0.15) is 11.8 Å². The van der Waals surface area contributed by atoms with Crippen LogP contribution in [0.2, 0.25) is 0 Å². The van der Waals surface area contributed by atoms with Crippen molar-refractivity contribution in [1.29, 1.82) is 0 Å². The second-order valence-corrected chi connectivity index (χ2v) is 5.91. The van der Waals surface area contributed by atoms with E-state index in [4.69, 9.17) is 10.5 Å². The highest BCUT2D eigenvalue weighted by molar-refractivity contribution is 5.87. The van der Waals surface area contributed by atoms with Crippen LogP contribution >= 0.6 is 0 Å². The molecule has 0 aliphatic heterocycles. The van der Waals surface area contributed by atoms with Crippen molar-refractivity contribution in [1.82, 2.24) is 5.32 Å². The smallest absolute Gasteiger partial charge is 0.416 e. The number of alkyl halides is 3. The lowest BCUT2D eigenvalue weighted by Gasteiger charge is -2.17. The van der Waals surface area contributed by atoms with Crippen LogP contribution in [0, 0.1) is 0 Å². The molecule has 0 heterocycles. The molecule has 5 nitrogen and oxygen atoms in total. The lowest BCUT2D eigenvalue weighted by Crippen LogP contribution is -2.46. The fourth-order valence-electron chi connectivity index (χ4n) is 2.56. The third-order valence-corrected chi connectivity index (χ3v) is 3.94. The van der Waals surface area contributed by atoms with Crippen LogP contribution in [0.5, 0.6) is 5.75 Å². The Morgan fingerprint density at radius 1 is 1.11 bits per heavy atom. The molecule has 0 aliphatic rings. The molecule has 0 fully saturated rings. The molecule has 0 unspecified atom stereocenters. The van der Waals surface area contributed by atoms with Crippen molar-refractivity contribution >= 4 is 11.8 Å². The second-order valence-electron chi connectivity index (χ2n) is 5.91. The standard InChI is InChI=1S/C19H19F3N2O3/c1-27-16-5-3-2-4-13(16)11-15(18(23)26)24-17(25)10-12-6-8-14(9-7-12)19(20,21)22/h2-9,15H,10-11H2,1H3,(H2,23,26)(H,24,25)/t15-/m1/s1. The molecule has 2 amide bonds. The first-order chi connectivity index (χ1) is 12.7. The zero-order chi connectivity index (χ0) is 20.0. The van der Waals surface area contributed by atoms with E-state index in [9.17, 15) is 22.8 Å². The normalized spacial score (nSPS) is 12.3. The number of carbonyl (C=O) groups excluding carboxylic acids is 2. The van der Waals surface area contributed by atoms with Crippen LogP contribution in [0.3, 0.4) is 0 Å². The molecule has 0 aromatic heterocycles. The molecule has 3 N–H and O–H groups in total. The van der Waals surface area contributed by atoms with Crippen molar-refractivity contribution in [3.8, 4) is 5.75 Å². The summed E-state index contributed by atoms with van der Waals surface area (Å²) in [5, 5.41) is 2.52. The Balaban J connectivity index is 2.03. The van der Waals surface area contributed by atoms with Gasteiger partial charge in [-0.1, -0.05) is 30.3 Å². The maximum absolute atomic E-state index is 12.6. The molecule has 0 bridgehead atoms. The van der Waals surface area contributed by atoms with E-state index in [0.29, 0.717) is 16.9 Å². The number of ether oxygens (including phenoxy) is 1. The summed E-state index contributed by atoms with van der Waals surface area (Å²) in [6.07, 6.45) is -4.47. The summed E-state index contributed by atoms with van der Waals surface area (Å²) in [6, 6.07) is 10.3. The van der Waals surface area contributed by atoms with Gasteiger partial charge < -0.3 is 15.8 Å². The number of primary amides is 1. The average Bonchev–Trinajstić information content (AvgIpc) is 2.61. The zero-order valence-electron chi connectivity index (χ0n) is 14.5. The van der Waals surface area contributed by atoms with Crippen LogP contribution in [0.4, 0.5) is 13.2 Å². The first-order valence-electron chi connectivity index (χ1n) is 8.07. The van der Waals surface area contributed by atoms with E-state index >= 15 is 0 Å². The van der Waals surface area contributed by atoms with Gasteiger partial charge in [0, 0.05) is 6.42 Å². The number of hydrogen-bond donors (Lipinski definition) is 2. The van der Waals surface area contributed by atoms with E-state index < -0.39 is 29.6 Å². The third-order valence-electron chi connectivity index (χ3n) is 3.94. The Morgan fingerprint density at radius 3 is 2.30 bits per heavy atom. The van der Waals surface area contributed by atoms with Crippen molar-refractivity contribution in [2.24, 2.45) is 5.73 Å². The van der Waals surface area contributed by atoms with Gasteiger partial charge in [0.15, 0.2) is 0 Å². The highest BCUT2D eigenvalue weighted by Crippen LogP contribution is 2.29. The maximum Gasteiger partial charge on any atom is 0.416 e. The molecule has 8 heteroatoms. The largest absolute Gasteiger partial charge is 0.496 e. The Kier molecular flexibility index (Phi) is 6.44. The monoisotopic (exact) mass is 380 g/mol. The molecular weight excluding hydrogens is 361 g/mol. The number of rotatable bonds is 7. The summed E-state index contributed by atoms with van der Waals surface area (Å²) in [5.41, 5.74) is 5.66. The van der Waals surface area contributed by atoms with Crippen LogP contribution in [-0.4, -0.2) is 25.0 Å². The first-order valence-corrected chi connectivity index (χ1v) is 8.07. The van der Waals surface area contributed by atoms with E-state index in [1.54, 1.807) is 24.3 Å². The summed E-state index contributed by atoms with van der Waals surface area (Å²) in [4.78, 5) is 23.9. The van der Waals surface area contributed by atoms with Crippen LogP contribution in [0.25, 0.3) is 0 Å². The summed E-state index contributed by atoms with van der Waals surface area (Å²) < 4.78 is 42.9. The predicted molar refractivity (Wildman–Crippen MR) is 93.0 cm³/mol. The number of carbonyl (C=O) groups is 2. The molecule has 2 aromatic rings. The van der Waals surface area contributed by atoms with E-state index in [1.807, 2.05) is 0 Å². The number of benzene rings is 2. The lowest BCUT2D eigenvalue weighted by molar-refractivity contribution is -0.137. The second kappa shape index (κ2) is 8.57. The van der Waals surface area contributed by atoms with Crippen molar-refractivity contribution in [3.63, 3.8) is 0 Å². The fraction of sp³-hybridized carbons (Fsp3) is 0.263. The van der Waals surface area contributed by atoms with E-state index in [1.165, 1.54) is 19.2 Å². The van der Waals surface area contributed by atoms with Crippen molar-refractivity contribution in [2.45, 2.75) is 25.1 Å². The summed E-state index contributed by atoms with van der Waals surface area (Å²) in [7, 11) is 1.49. The Hall–Kier alpha value is -3.03. The number of halogens is 3.